The second-order valence-electron chi connectivity index (χ2n) is 15.7. The number of carbonyl (C=O) groups is 4. The summed E-state index contributed by atoms with van der Waals surface area (Å²) in [5.74, 6) is -1.56. The molecule has 4 amide bonds. The molecule has 0 radical (unpaired) electrons. The largest absolute Gasteiger partial charge is 0.497 e. The summed E-state index contributed by atoms with van der Waals surface area (Å²) < 4.78 is 55.3. The maximum Gasteiger partial charge on any atom is 0.408 e. The predicted octanol–water partition coefficient (Wildman–Crippen LogP) is 2.74. The van der Waals surface area contributed by atoms with E-state index < -0.39 is 75.0 Å². The van der Waals surface area contributed by atoms with Crippen LogP contribution in [0.15, 0.2) is 30.5 Å². The number of alkyl carbamates (subject to hydrolysis) is 1. The molecule has 6 rings (SSSR count). The van der Waals surface area contributed by atoms with Crippen molar-refractivity contribution in [2.45, 2.75) is 109 Å². The number of hydrogen-bond donors (Lipinski definition) is 3. The van der Waals surface area contributed by atoms with E-state index in [9.17, 15) is 27.6 Å². The highest BCUT2D eigenvalue weighted by Crippen LogP contribution is 2.47. The normalized spacial score (nSPS) is 26.7. The second-order valence-corrected chi connectivity index (χ2v) is 17.0. The number of pyridine rings is 1. The van der Waals surface area contributed by atoms with Gasteiger partial charge in [-0.25, -0.2) is 18.7 Å². The highest BCUT2D eigenvalue weighted by atomic mass is 32.2. The summed E-state index contributed by atoms with van der Waals surface area (Å²) in [7, 11) is -2.89. The summed E-state index contributed by atoms with van der Waals surface area (Å²) in [6.45, 7) is 9.47. The van der Waals surface area contributed by atoms with E-state index >= 15 is 0 Å². The van der Waals surface area contributed by atoms with E-state index in [-0.39, 0.29) is 37.8 Å². The standard InChI is InChI=1S/C36H49N5O11S/c1-7-22-18-36(22,32(44)40-53(46,47)52-35(5)12-13-35)39-29(42)27-17-25(50-30-26-9-8-23(48-6)16-21(26)10-14-37-30)19-41(27)31(43)28(34(2,3)4)38-33(45)51-24-11-15-49-20-24/h8-10,14,16,22,24-25,27-28H,7,11-13,15,17-20H2,1-6H3,(H,38,45)(H,39,42)(H,40,44)/t22-,24+,25-,27+,28-,36-/m1/s1. The van der Waals surface area contributed by atoms with Gasteiger partial charge in [-0.1, -0.05) is 34.1 Å². The van der Waals surface area contributed by atoms with Crippen molar-refractivity contribution in [3.63, 3.8) is 0 Å². The van der Waals surface area contributed by atoms with Gasteiger partial charge in [0.05, 0.1) is 32.5 Å². The molecule has 3 heterocycles. The van der Waals surface area contributed by atoms with Gasteiger partial charge in [-0.15, -0.1) is 0 Å². The quantitative estimate of drug-likeness (QED) is 0.270. The summed E-state index contributed by atoms with van der Waals surface area (Å²) in [4.78, 5) is 61.2. The summed E-state index contributed by atoms with van der Waals surface area (Å²) >= 11 is 0. The van der Waals surface area contributed by atoms with Crippen LogP contribution in [0.25, 0.3) is 10.8 Å². The molecule has 0 unspecified atom stereocenters. The summed E-state index contributed by atoms with van der Waals surface area (Å²) in [6, 6.07) is 4.94. The molecule has 3 N–H and O–H groups in total. The minimum atomic E-state index is -4.45. The molecule has 6 atom stereocenters. The Bertz CT molecular complexity index is 1860. The van der Waals surface area contributed by atoms with Crippen molar-refractivity contribution in [1.82, 2.24) is 25.2 Å². The Labute approximate surface area is 309 Å². The lowest BCUT2D eigenvalue weighted by Gasteiger charge is -2.35. The van der Waals surface area contributed by atoms with E-state index in [0.29, 0.717) is 43.4 Å². The molecule has 4 aliphatic rings. The maximum absolute atomic E-state index is 14.5. The lowest BCUT2D eigenvalue weighted by molar-refractivity contribution is -0.143. The Kier molecular flexibility index (Phi) is 10.6. The molecule has 0 spiro atoms. The number of nitrogens with zero attached hydrogens (tertiary/aromatic N) is 2. The number of ether oxygens (including phenoxy) is 4. The van der Waals surface area contributed by atoms with Crippen molar-refractivity contribution >= 4 is 44.9 Å². The first-order valence-electron chi connectivity index (χ1n) is 18.0. The average Bonchev–Trinajstić information content (AvgIpc) is 3.83. The number of fused-ring (bicyclic) bond motifs is 1. The van der Waals surface area contributed by atoms with E-state index in [0.717, 1.165) is 5.39 Å². The van der Waals surface area contributed by atoms with Crippen LogP contribution in [-0.2, 0) is 38.3 Å². The lowest BCUT2D eigenvalue weighted by atomic mass is 9.85. The fourth-order valence-electron chi connectivity index (χ4n) is 6.97. The first-order valence-corrected chi connectivity index (χ1v) is 19.4. The van der Waals surface area contributed by atoms with Gasteiger partial charge >= 0.3 is 16.4 Å². The number of methoxy groups -OCH3 is 1. The molecule has 1 aromatic heterocycles. The van der Waals surface area contributed by atoms with Crippen molar-refractivity contribution in [2.24, 2.45) is 11.3 Å². The number of nitrogens with one attached hydrogen (secondary N) is 3. The van der Waals surface area contributed by atoms with Gasteiger partial charge in [0.2, 0.25) is 17.7 Å². The number of carbonyl (C=O) groups excluding carboxylic acids is 4. The Morgan fingerprint density at radius 2 is 1.89 bits per heavy atom. The van der Waals surface area contributed by atoms with Crippen LogP contribution in [-0.4, -0.2) is 104 Å². The van der Waals surface area contributed by atoms with Crippen molar-refractivity contribution in [2.75, 3.05) is 26.9 Å². The van der Waals surface area contributed by atoms with E-state index in [1.165, 1.54) is 4.90 Å². The van der Waals surface area contributed by atoms with Crippen LogP contribution in [0.5, 0.6) is 11.6 Å². The number of hydrogen-bond acceptors (Lipinski definition) is 12. The van der Waals surface area contributed by atoms with Gasteiger partial charge in [-0.3, -0.25) is 14.4 Å². The van der Waals surface area contributed by atoms with Crippen molar-refractivity contribution < 1.29 is 50.7 Å². The van der Waals surface area contributed by atoms with Gasteiger partial charge in [-0.05, 0) is 67.2 Å². The van der Waals surface area contributed by atoms with Crippen molar-refractivity contribution in [3.05, 3.63) is 30.5 Å². The summed E-state index contributed by atoms with van der Waals surface area (Å²) in [6.07, 6.45) is 1.92. The second kappa shape index (κ2) is 14.5. The van der Waals surface area contributed by atoms with Gasteiger partial charge < -0.3 is 34.5 Å². The smallest absolute Gasteiger partial charge is 0.408 e. The molecule has 4 fully saturated rings. The van der Waals surface area contributed by atoms with Gasteiger partial charge in [0.25, 0.3) is 5.91 Å². The third-order valence-electron chi connectivity index (χ3n) is 10.4. The highest BCUT2D eigenvalue weighted by Gasteiger charge is 2.62. The Balaban J connectivity index is 1.26. The molecule has 53 heavy (non-hydrogen) atoms. The molecule has 2 saturated carbocycles. The molecule has 17 heteroatoms. The molecule has 2 aromatic rings. The Morgan fingerprint density at radius 1 is 1.13 bits per heavy atom. The first-order chi connectivity index (χ1) is 25.0. The highest BCUT2D eigenvalue weighted by molar-refractivity contribution is 7.85. The lowest BCUT2D eigenvalue weighted by Crippen LogP contribution is -2.60. The Morgan fingerprint density at radius 3 is 2.51 bits per heavy atom. The van der Waals surface area contributed by atoms with Gasteiger partial charge in [0, 0.05) is 24.4 Å². The SMILES string of the molecule is CC[C@@H]1C[C@]1(NC(=O)[C@@H]1C[C@@H](Oc2nccc3cc(OC)ccc23)CN1C(=O)[C@@H](NC(=O)O[C@H]1CCOC1)C(C)(C)C)C(=O)NS(=O)(=O)OC1(C)CC1. The molecule has 2 saturated heterocycles. The molecule has 290 valence electrons. The number of aromatic nitrogens is 1. The van der Waals surface area contributed by atoms with E-state index in [1.807, 2.05) is 23.8 Å². The number of likely N-dealkylation sites (tertiary alicyclic amines) is 1. The first kappa shape index (κ1) is 38.5. The fourth-order valence-corrected chi connectivity index (χ4v) is 8.12. The number of amides is 4. The van der Waals surface area contributed by atoms with Crippen LogP contribution in [0.1, 0.15) is 73.1 Å². The third-order valence-corrected chi connectivity index (χ3v) is 11.5. The Hall–Kier alpha value is -4.22. The minimum Gasteiger partial charge on any atom is -0.497 e. The molecule has 2 aliphatic heterocycles. The van der Waals surface area contributed by atoms with Gasteiger partial charge in [0.1, 0.15) is 35.6 Å². The zero-order valence-electron chi connectivity index (χ0n) is 30.9. The molecule has 16 nitrogen and oxygen atoms in total. The molecule has 2 aliphatic carbocycles. The summed E-state index contributed by atoms with van der Waals surface area (Å²) in [5.41, 5.74) is -3.22. The van der Waals surface area contributed by atoms with Crippen LogP contribution >= 0.6 is 0 Å². The maximum atomic E-state index is 14.5. The van der Waals surface area contributed by atoms with Crippen LogP contribution < -0.4 is 24.8 Å². The minimum absolute atomic E-state index is 0.0147. The molecule has 1 aromatic carbocycles. The molecular formula is C36H49N5O11S. The van der Waals surface area contributed by atoms with E-state index in [2.05, 4.69) is 15.6 Å². The monoisotopic (exact) mass is 759 g/mol. The summed E-state index contributed by atoms with van der Waals surface area (Å²) in [5, 5.41) is 7.02. The van der Waals surface area contributed by atoms with Crippen LogP contribution in [0.4, 0.5) is 4.79 Å². The number of benzene rings is 1. The zero-order valence-corrected chi connectivity index (χ0v) is 31.7. The van der Waals surface area contributed by atoms with Crippen LogP contribution in [0.3, 0.4) is 0 Å². The molecule has 0 bridgehead atoms. The number of rotatable bonds is 13. The topological polar surface area (TPSA) is 201 Å². The zero-order chi connectivity index (χ0) is 38.3. The van der Waals surface area contributed by atoms with Crippen molar-refractivity contribution in [1.29, 1.82) is 0 Å². The predicted molar refractivity (Wildman–Crippen MR) is 190 cm³/mol. The van der Waals surface area contributed by atoms with Crippen LogP contribution in [0.2, 0.25) is 0 Å². The van der Waals surface area contributed by atoms with Crippen molar-refractivity contribution in [3.8, 4) is 11.6 Å². The fraction of sp³-hybridized carbons (Fsp3) is 0.639. The third kappa shape index (κ3) is 8.62. The van der Waals surface area contributed by atoms with Crippen LogP contribution in [0, 0.1) is 11.3 Å². The van der Waals surface area contributed by atoms with E-state index in [4.69, 9.17) is 23.1 Å². The van der Waals surface area contributed by atoms with Gasteiger partial charge in [0.15, 0.2) is 0 Å². The van der Waals surface area contributed by atoms with Gasteiger partial charge in [-0.2, -0.15) is 8.42 Å². The van der Waals surface area contributed by atoms with E-state index in [1.54, 1.807) is 53.1 Å². The molecular weight excluding hydrogens is 710 g/mol. The average molecular weight is 760 g/mol.